The van der Waals surface area contributed by atoms with Crippen LogP contribution in [-0.4, -0.2) is 66.0 Å². The van der Waals surface area contributed by atoms with Crippen molar-refractivity contribution in [3.63, 3.8) is 0 Å². The summed E-state index contributed by atoms with van der Waals surface area (Å²) in [6.07, 6.45) is 1.72. The molecule has 2 aromatic rings. The van der Waals surface area contributed by atoms with E-state index < -0.39 is 5.97 Å². The van der Waals surface area contributed by atoms with Gasteiger partial charge in [-0.05, 0) is 12.1 Å². The number of para-hydroxylation sites is 1. The molecule has 1 aromatic heterocycles. The fourth-order valence-electron chi connectivity index (χ4n) is 2.87. The molecule has 126 valence electrons. The number of nitrogens with zero attached hydrogens (tertiary/aromatic N) is 4. The third-order valence-corrected chi connectivity index (χ3v) is 4.11. The molecule has 1 fully saturated rings. The lowest BCUT2D eigenvalue weighted by Crippen LogP contribution is -2.48. The highest BCUT2D eigenvalue weighted by Gasteiger charge is 2.20. The van der Waals surface area contributed by atoms with E-state index in [4.69, 9.17) is 9.84 Å². The number of aliphatic carboxylic acids is 1. The van der Waals surface area contributed by atoms with Gasteiger partial charge in [0.05, 0.1) is 19.9 Å². The molecule has 1 N–H and O–H groups in total. The van der Waals surface area contributed by atoms with Gasteiger partial charge in [-0.1, -0.05) is 18.2 Å². The van der Waals surface area contributed by atoms with E-state index in [2.05, 4.69) is 15.1 Å². The van der Waals surface area contributed by atoms with Gasteiger partial charge < -0.3 is 14.7 Å². The van der Waals surface area contributed by atoms with Gasteiger partial charge in [0.25, 0.3) is 0 Å². The third kappa shape index (κ3) is 3.62. The molecule has 0 radical (unpaired) electrons. The lowest BCUT2D eigenvalue weighted by atomic mass is 10.1. The molecule has 3 rings (SSSR count). The van der Waals surface area contributed by atoms with Crippen LogP contribution in [0.5, 0.6) is 5.75 Å². The minimum Gasteiger partial charge on any atom is -0.496 e. The first-order valence-electron chi connectivity index (χ1n) is 7.82. The summed E-state index contributed by atoms with van der Waals surface area (Å²) in [7, 11) is 1.65. The van der Waals surface area contributed by atoms with Crippen molar-refractivity contribution in [1.82, 2.24) is 15.1 Å². The molecule has 1 aliphatic rings. The van der Waals surface area contributed by atoms with Crippen molar-refractivity contribution in [3.05, 3.63) is 36.5 Å². The smallest absolute Gasteiger partial charge is 0.317 e. The topological polar surface area (TPSA) is 78.8 Å². The Morgan fingerprint density at radius 2 is 2.00 bits per heavy atom. The van der Waals surface area contributed by atoms with E-state index in [1.165, 1.54) is 0 Å². The van der Waals surface area contributed by atoms with E-state index in [1.54, 1.807) is 13.3 Å². The quantitative estimate of drug-likeness (QED) is 0.888. The number of ether oxygens (including phenoxy) is 1. The first-order chi connectivity index (χ1) is 11.7. The predicted molar refractivity (Wildman–Crippen MR) is 90.3 cm³/mol. The second-order valence-corrected chi connectivity index (χ2v) is 5.66. The standard InChI is InChI=1S/C17H20N4O3/c1-24-15-5-3-2-4-14(15)13-10-16(19-18-11-13)21-8-6-20(7-9-21)12-17(22)23/h2-5,10-11H,6-9,12H2,1H3,(H,22,23). The fourth-order valence-corrected chi connectivity index (χ4v) is 2.87. The van der Waals surface area contributed by atoms with Crippen LogP contribution in [0, 0.1) is 0 Å². The van der Waals surface area contributed by atoms with Crippen LogP contribution in [0.2, 0.25) is 0 Å². The number of carbonyl (C=O) groups is 1. The van der Waals surface area contributed by atoms with Gasteiger partial charge in [-0.3, -0.25) is 9.69 Å². The molecule has 24 heavy (non-hydrogen) atoms. The molecular weight excluding hydrogens is 308 g/mol. The van der Waals surface area contributed by atoms with Crippen molar-refractivity contribution >= 4 is 11.8 Å². The zero-order valence-electron chi connectivity index (χ0n) is 13.6. The highest BCUT2D eigenvalue weighted by molar-refractivity contribution is 5.72. The Balaban J connectivity index is 1.76. The summed E-state index contributed by atoms with van der Waals surface area (Å²) in [6.45, 7) is 2.95. The summed E-state index contributed by atoms with van der Waals surface area (Å²) in [5.74, 6) is 0.803. The normalized spacial score (nSPS) is 15.3. The van der Waals surface area contributed by atoms with Crippen LogP contribution in [0.25, 0.3) is 11.1 Å². The molecule has 0 saturated carbocycles. The number of aromatic nitrogens is 2. The number of piperazine rings is 1. The second-order valence-electron chi connectivity index (χ2n) is 5.66. The molecule has 0 aliphatic carbocycles. The van der Waals surface area contributed by atoms with E-state index in [0.717, 1.165) is 35.8 Å². The molecule has 2 heterocycles. The Morgan fingerprint density at radius 3 is 2.71 bits per heavy atom. The fraction of sp³-hybridized carbons (Fsp3) is 0.353. The Hall–Kier alpha value is -2.67. The van der Waals surface area contributed by atoms with E-state index >= 15 is 0 Å². The maximum atomic E-state index is 10.8. The molecule has 1 aliphatic heterocycles. The highest BCUT2D eigenvalue weighted by Crippen LogP contribution is 2.30. The zero-order valence-corrected chi connectivity index (χ0v) is 13.6. The molecule has 7 heteroatoms. The Labute approximate surface area is 140 Å². The number of benzene rings is 1. The minimum absolute atomic E-state index is 0.0841. The van der Waals surface area contributed by atoms with Gasteiger partial charge in [-0.15, -0.1) is 5.10 Å². The van der Waals surface area contributed by atoms with Crippen LogP contribution in [-0.2, 0) is 4.79 Å². The lowest BCUT2D eigenvalue weighted by molar-refractivity contribution is -0.138. The van der Waals surface area contributed by atoms with Crippen molar-refractivity contribution in [2.75, 3.05) is 44.7 Å². The molecule has 7 nitrogen and oxygen atoms in total. The third-order valence-electron chi connectivity index (χ3n) is 4.11. The second kappa shape index (κ2) is 7.27. The van der Waals surface area contributed by atoms with Crippen LogP contribution < -0.4 is 9.64 Å². The summed E-state index contributed by atoms with van der Waals surface area (Å²) in [6, 6.07) is 9.80. The van der Waals surface area contributed by atoms with E-state index in [9.17, 15) is 4.79 Å². The Morgan fingerprint density at radius 1 is 1.25 bits per heavy atom. The zero-order chi connectivity index (χ0) is 16.9. The van der Waals surface area contributed by atoms with Crippen molar-refractivity contribution < 1.29 is 14.6 Å². The Kier molecular flexibility index (Phi) is 4.90. The number of carboxylic acids is 1. The summed E-state index contributed by atoms with van der Waals surface area (Å²) >= 11 is 0. The van der Waals surface area contributed by atoms with Crippen molar-refractivity contribution in [2.45, 2.75) is 0 Å². The van der Waals surface area contributed by atoms with Gasteiger partial charge in [0.2, 0.25) is 0 Å². The number of rotatable bonds is 5. The molecule has 0 bridgehead atoms. The molecule has 0 atom stereocenters. The molecule has 0 amide bonds. The van der Waals surface area contributed by atoms with Crippen molar-refractivity contribution in [3.8, 4) is 16.9 Å². The minimum atomic E-state index is -0.790. The molecule has 1 aromatic carbocycles. The molecule has 0 spiro atoms. The molecule has 1 saturated heterocycles. The Bertz CT molecular complexity index is 714. The summed E-state index contributed by atoms with van der Waals surface area (Å²) in [5, 5.41) is 17.2. The lowest BCUT2D eigenvalue weighted by Gasteiger charge is -2.34. The van der Waals surface area contributed by atoms with Gasteiger partial charge in [0.1, 0.15) is 5.75 Å². The van der Waals surface area contributed by atoms with E-state index in [1.807, 2.05) is 35.2 Å². The number of methoxy groups -OCH3 is 1. The number of anilines is 1. The molecular formula is C17H20N4O3. The summed E-state index contributed by atoms with van der Waals surface area (Å²) in [5.41, 5.74) is 1.92. The average molecular weight is 328 g/mol. The highest BCUT2D eigenvalue weighted by atomic mass is 16.5. The first-order valence-corrected chi connectivity index (χ1v) is 7.82. The van der Waals surface area contributed by atoms with Crippen molar-refractivity contribution in [1.29, 1.82) is 0 Å². The maximum Gasteiger partial charge on any atom is 0.317 e. The van der Waals surface area contributed by atoms with Crippen LogP contribution >= 0.6 is 0 Å². The van der Waals surface area contributed by atoms with E-state index in [0.29, 0.717) is 13.1 Å². The summed E-state index contributed by atoms with van der Waals surface area (Å²) < 4.78 is 5.41. The van der Waals surface area contributed by atoms with Gasteiger partial charge in [0, 0.05) is 37.3 Å². The van der Waals surface area contributed by atoms with Crippen molar-refractivity contribution in [2.24, 2.45) is 0 Å². The van der Waals surface area contributed by atoms with Gasteiger partial charge in [-0.25, -0.2) is 0 Å². The van der Waals surface area contributed by atoms with Crippen LogP contribution in [0.4, 0.5) is 5.82 Å². The largest absolute Gasteiger partial charge is 0.496 e. The number of hydrogen-bond acceptors (Lipinski definition) is 6. The average Bonchev–Trinajstić information content (AvgIpc) is 2.62. The first kappa shape index (κ1) is 16.2. The molecule has 0 unspecified atom stereocenters. The van der Waals surface area contributed by atoms with Gasteiger partial charge >= 0.3 is 5.97 Å². The summed E-state index contributed by atoms with van der Waals surface area (Å²) in [4.78, 5) is 14.8. The van der Waals surface area contributed by atoms with Crippen LogP contribution in [0.3, 0.4) is 0 Å². The maximum absolute atomic E-state index is 10.8. The van der Waals surface area contributed by atoms with Crippen LogP contribution in [0.15, 0.2) is 36.5 Å². The van der Waals surface area contributed by atoms with E-state index in [-0.39, 0.29) is 6.54 Å². The van der Waals surface area contributed by atoms with Gasteiger partial charge in [-0.2, -0.15) is 5.10 Å². The van der Waals surface area contributed by atoms with Crippen LogP contribution in [0.1, 0.15) is 0 Å². The monoisotopic (exact) mass is 328 g/mol. The number of carboxylic acid groups (broad SMARTS) is 1. The SMILES string of the molecule is COc1ccccc1-c1cnnc(N2CCN(CC(=O)O)CC2)c1. The van der Waals surface area contributed by atoms with Gasteiger partial charge in [0.15, 0.2) is 5.82 Å². The number of hydrogen-bond donors (Lipinski definition) is 1. The predicted octanol–water partition coefficient (Wildman–Crippen LogP) is 1.36.